The maximum absolute atomic E-state index is 11.8. The third-order valence-electron chi connectivity index (χ3n) is 2.94. The quantitative estimate of drug-likeness (QED) is 0.631. The molecular weight excluding hydrogens is 244 g/mol. The third-order valence-corrected chi connectivity index (χ3v) is 2.94. The lowest BCUT2D eigenvalue weighted by atomic mass is 10.1. The van der Waals surface area contributed by atoms with Gasteiger partial charge in [0.2, 0.25) is 0 Å². The number of hydrogen-bond donors (Lipinski definition) is 2. The molecule has 0 bridgehead atoms. The first-order valence-electron chi connectivity index (χ1n) is 6.09. The van der Waals surface area contributed by atoms with Gasteiger partial charge < -0.3 is 15.4 Å². The van der Waals surface area contributed by atoms with Crippen molar-refractivity contribution in [3.63, 3.8) is 0 Å². The van der Waals surface area contributed by atoms with Crippen LogP contribution in [-0.4, -0.2) is 18.5 Å². The summed E-state index contributed by atoms with van der Waals surface area (Å²) in [4.78, 5) is 23.2. The van der Waals surface area contributed by atoms with Crippen LogP contribution >= 0.6 is 0 Å². The topological polar surface area (TPSA) is 67.4 Å². The summed E-state index contributed by atoms with van der Waals surface area (Å²) in [6.07, 6.45) is 1.16. The lowest BCUT2D eigenvalue weighted by Crippen LogP contribution is -2.26. The number of fused-ring (bicyclic) bond motifs is 1. The molecule has 1 heterocycles. The van der Waals surface area contributed by atoms with Crippen molar-refractivity contribution in [3.8, 4) is 0 Å². The number of amides is 1. The maximum atomic E-state index is 11.8. The lowest BCUT2D eigenvalue weighted by molar-refractivity contribution is -0.137. The Hall–Kier alpha value is -2.30. The van der Waals surface area contributed by atoms with Gasteiger partial charge in [-0.25, -0.2) is 4.79 Å². The number of esters is 1. The number of benzene rings is 1. The van der Waals surface area contributed by atoms with Crippen LogP contribution in [0.4, 0.5) is 11.4 Å². The van der Waals surface area contributed by atoms with Crippen LogP contribution in [-0.2, 0) is 14.3 Å². The van der Waals surface area contributed by atoms with E-state index in [9.17, 15) is 9.59 Å². The molecule has 19 heavy (non-hydrogen) atoms. The molecule has 1 aromatic rings. The molecule has 0 atom stereocenters. The number of carbonyl (C=O) groups excluding carboxylic acids is 2. The van der Waals surface area contributed by atoms with Gasteiger partial charge in [-0.15, -0.1) is 0 Å². The molecule has 1 aromatic carbocycles. The van der Waals surface area contributed by atoms with Gasteiger partial charge >= 0.3 is 5.97 Å². The molecule has 5 nitrogen and oxygen atoms in total. The second-order valence-corrected chi connectivity index (χ2v) is 4.37. The highest BCUT2D eigenvalue weighted by molar-refractivity contribution is 6.13. The Morgan fingerprint density at radius 2 is 1.79 bits per heavy atom. The van der Waals surface area contributed by atoms with E-state index in [1.54, 1.807) is 6.92 Å². The smallest absolute Gasteiger partial charge is 0.333 e. The Morgan fingerprint density at radius 1 is 1.21 bits per heavy atom. The van der Waals surface area contributed by atoms with Crippen LogP contribution in [0.15, 0.2) is 23.9 Å². The summed E-state index contributed by atoms with van der Waals surface area (Å²) in [6, 6.07) is 3.83. The molecule has 0 aromatic heterocycles. The van der Waals surface area contributed by atoms with Crippen molar-refractivity contribution in [2.45, 2.75) is 20.8 Å². The van der Waals surface area contributed by atoms with Gasteiger partial charge in [0.1, 0.15) is 5.70 Å². The molecular formula is C14H16N2O3. The standard InChI is InChI=1S/C14H16N2O3/c1-4-19-13(17)7-12-14(18)16-11-6-9(3)8(2)5-10(11)15-12/h5-7,15H,4H2,1-3H3,(H,16,18)/b12-7-. The average Bonchev–Trinajstić information content (AvgIpc) is 2.33. The van der Waals surface area contributed by atoms with Crippen LogP contribution < -0.4 is 10.6 Å². The zero-order valence-corrected chi connectivity index (χ0v) is 11.2. The van der Waals surface area contributed by atoms with E-state index >= 15 is 0 Å². The highest BCUT2D eigenvalue weighted by Crippen LogP contribution is 2.30. The second-order valence-electron chi connectivity index (χ2n) is 4.37. The molecule has 1 amide bonds. The van der Waals surface area contributed by atoms with E-state index in [0.29, 0.717) is 5.69 Å². The van der Waals surface area contributed by atoms with Crippen LogP contribution in [0.25, 0.3) is 0 Å². The van der Waals surface area contributed by atoms with Crippen molar-refractivity contribution in [2.24, 2.45) is 0 Å². The molecule has 2 rings (SSSR count). The van der Waals surface area contributed by atoms with E-state index < -0.39 is 5.97 Å². The monoisotopic (exact) mass is 260 g/mol. The van der Waals surface area contributed by atoms with Crippen molar-refractivity contribution in [1.82, 2.24) is 0 Å². The molecule has 0 spiro atoms. The minimum absolute atomic E-state index is 0.189. The number of aryl methyl sites for hydroxylation is 2. The predicted molar refractivity (Wildman–Crippen MR) is 72.9 cm³/mol. The van der Waals surface area contributed by atoms with Gasteiger partial charge in [-0.3, -0.25) is 4.79 Å². The van der Waals surface area contributed by atoms with E-state index in [1.807, 2.05) is 26.0 Å². The third kappa shape index (κ3) is 2.76. The first-order valence-corrected chi connectivity index (χ1v) is 6.09. The van der Waals surface area contributed by atoms with Crippen molar-refractivity contribution in [1.29, 1.82) is 0 Å². The summed E-state index contributed by atoms with van der Waals surface area (Å²) in [5.41, 5.74) is 3.89. The van der Waals surface area contributed by atoms with Crippen LogP contribution in [0.3, 0.4) is 0 Å². The van der Waals surface area contributed by atoms with Crippen LogP contribution in [0.1, 0.15) is 18.1 Å². The number of carbonyl (C=O) groups is 2. The Kier molecular flexibility index (Phi) is 3.55. The molecule has 100 valence electrons. The molecule has 0 saturated heterocycles. The summed E-state index contributed by atoms with van der Waals surface area (Å²) < 4.78 is 4.79. The van der Waals surface area contributed by atoms with Gasteiger partial charge in [0.25, 0.3) is 5.91 Å². The van der Waals surface area contributed by atoms with Gasteiger partial charge in [-0.1, -0.05) is 0 Å². The highest BCUT2D eigenvalue weighted by atomic mass is 16.5. The summed E-state index contributed by atoms with van der Waals surface area (Å²) in [6.45, 7) is 5.96. The van der Waals surface area contributed by atoms with E-state index in [4.69, 9.17) is 4.74 Å². The number of anilines is 2. The fourth-order valence-corrected chi connectivity index (χ4v) is 1.82. The largest absolute Gasteiger partial charge is 0.463 e. The van der Waals surface area contributed by atoms with E-state index in [-0.39, 0.29) is 18.2 Å². The van der Waals surface area contributed by atoms with E-state index in [1.165, 1.54) is 0 Å². The highest BCUT2D eigenvalue weighted by Gasteiger charge is 2.21. The Bertz CT molecular complexity index is 576. The van der Waals surface area contributed by atoms with E-state index in [0.717, 1.165) is 22.9 Å². The fraction of sp³-hybridized carbons (Fsp3) is 0.286. The zero-order chi connectivity index (χ0) is 14.0. The summed E-state index contributed by atoms with van der Waals surface area (Å²) in [5.74, 6) is -0.878. The normalized spacial score (nSPS) is 15.5. The zero-order valence-electron chi connectivity index (χ0n) is 11.2. The molecule has 0 fully saturated rings. The molecule has 0 aliphatic carbocycles. The van der Waals surface area contributed by atoms with Crippen LogP contribution in [0.5, 0.6) is 0 Å². The Balaban J connectivity index is 2.31. The first kappa shape index (κ1) is 13.1. The summed E-state index contributed by atoms with van der Waals surface area (Å²) >= 11 is 0. The van der Waals surface area contributed by atoms with Gasteiger partial charge in [0, 0.05) is 0 Å². The fourth-order valence-electron chi connectivity index (χ4n) is 1.82. The van der Waals surface area contributed by atoms with Crippen LogP contribution in [0, 0.1) is 13.8 Å². The number of ether oxygens (including phenoxy) is 1. The Morgan fingerprint density at radius 3 is 2.37 bits per heavy atom. The minimum Gasteiger partial charge on any atom is -0.463 e. The molecule has 0 saturated carbocycles. The van der Waals surface area contributed by atoms with Gasteiger partial charge in [0.15, 0.2) is 0 Å². The molecule has 1 aliphatic rings. The Labute approximate surface area is 111 Å². The average molecular weight is 260 g/mol. The number of hydrogen-bond acceptors (Lipinski definition) is 4. The first-order chi connectivity index (χ1) is 9.01. The predicted octanol–water partition coefficient (Wildman–Crippen LogP) is 2.11. The number of rotatable bonds is 2. The maximum Gasteiger partial charge on any atom is 0.333 e. The number of nitrogens with one attached hydrogen (secondary N) is 2. The van der Waals surface area contributed by atoms with Crippen LogP contribution in [0.2, 0.25) is 0 Å². The van der Waals surface area contributed by atoms with Crippen molar-refractivity contribution >= 4 is 23.3 Å². The molecule has 0 radical (unpaired) electrons. The molecule has 5 heteroatoms. The van der Waals surface area contributed by atoms with Crippen molar-refractivity contribution in [2.75, 3.05) is 17.2 Å². The minimum atomic E-state index is -0.535. The van der Waals surface area contributed by atoms with Gasteiger partial charge in [0.05, 0.1) is 24.1 Å². The van der Waals surface area contributed by atoms with Crippen molar-refractivity contribution in [3.05, 3.63) is 35.0 Å². The van der Waals surface area contributed by atoms with Crippen molar-refractivity contribution < 1.29 is 14.3 Å². The molecule has 0 unspecified atom stereocenters. The van der Waals surface area contributed by atoms with E-state index in [2.05, 4.69) is 10.6 Å². The van der Waals surface area contributed by atoms with Gasteiger partial charge in [-0.05, 0) is 44.0 Å². The van der Waals surface area contributed by atoms with Gasteiger partial charge in [-0.2, -0.15) is 0 Å². The summed E-state index contributed by atoms with van der Waals surface area (Å²) in [7, 11) is 0. The second kappa shape index (κ2) is 5.14. The molecule has 1 aliphatic heterocycles. The summed E-state index contributed by atoms with van der Waals surface area (Å²) in [5, 5.41) is 5.70. The lowest BCUT2D eigenvalue weighted by Gasteiger charge is -2.22. The SMILES string of the molecule is CCOC(=O)/C=C1\Nc2cc(C)c(C)cc2NC1=O. The molecule has 2 N–H and O–H groups in total.